The Hall–Kier alpha value is -1.75. The number of rotatable bonds is 5. The third-order valence-corrected chi connectivity index (χ3v) is 3.99. The van der Waals surface area contributed by atoms with Crippen LogP contribution in [0.1, 0.15) is 37.2 Å². The predicted molar refractivity (Wildman–Crippen MR) is 82.8 cm³/mol. The van der Waals surface area contributed by atoms with Gasteiger partial charge < -0.3 is 8.98 Å². The van der Waals surface area contributed by atoms with Crippen molar-refractivity contribution in [1.29, 1.82) is 0 Å². The van der Waals surface area contributed by atoms with E-state index in [9.17, 15) is 0 Å². The Kier molecular flexibility index (Phi) is 3.76. The fourth-order valence-corrected chi connectivity index (χ4v) is 2.98. The Morgan fingerprint density at radius 3 is 2.86 bits per heavy atom. The first-order valence-corrected chi connectivity index (χ1v) is 7.72. The molecule has 5 nitrogen and oxygen atoms in total. The van der Waals surface area contributed by atoms with E-state index in [1.165, 1.54) is 0 Å². The molecule has 6 heteroatoms. The summed E-state index contributed by atoms with van der Waals surface area (Å²) in [5.74, 6) is 2.43. The van der Waals surface area contributed by atoms with Gasteiger partial charge in [-0.05, 0) is 25.5 Å². The van der Waals surface area contributed by atoms with Gasteiger partial charge in [0.25, 0.3) is 0 Å². The summed E-state index contributed by atoms with van der Waals surface area (Å²) in [5.41, 5.74) is 3.02. The standard InChI is InChI=1S/C15H19ClN4O/c1-4-11-14-15(19(3)18-11)20(13(17-14)7-8-16)10(2)12-6-5-9-21-12/h5-6,9-10H,4,7-8H2,1-3H3. The molecule has 0 aromatic carbocycles. The van der Waals surface area contributed by atoms with Crippen LogP contribution in [0.25, 0.3) is 11.2 Å². The van der Waals surface area contributed by atoms with Crippen molar-refractivity contribution in [3.63, 3.8) is 0 Å². The van der Waals surface area contributed by atoms with Crippen LogP contribution >= 0.6 is 11.6 Å². The molecule has 0 saturated heterocycles. The van der Waals surface area contributed by atoms with Gasteiger partial charge in [0.2, 0.25) is 0 Å². The predicted octanol–water partition coefficient (Wildman–Crippen LogP) is 3.32. The van der Waals surface area contributed by atoms with Crippen LogP contribution < -0.4 is 0 Å². The second kappa shape index (κ2) is 5.56. The number of nitrogens with zero attached hydrogens (tertiary/aromatic N) is 4. The van der Waals surface area contributed by atoms with E-state index in [1.807, 2.05) is 23.9 Å². The van der Waals surface area contributed by atoms with Gasteiger partial charge >= 0.3 is 0 Å². The summed E-state index contributed by atoms with van der Waals surface area (Å²) in [6.07, 6.45) is 3.29. The number of halogens is 1. The Morgan fingerprint density at radius 1 is 1.43 bits per heavy atom. The molecule has 0 saturated carbocycles. The molecular weight excluding hydrogens is 288 g/mol. The smallest absolute Gasteiger partial charge is 0.159 e. The highest BCUT2D eigenvalue weighted by Gasteiger charge is 2.23. The second-order valence-electron chi connectivity index (χ2n) is 5.12. The van der Waals surface area contributed by atoms with Crippen molar-refractivity contribution in [3.05, 3.63) is 35.7 Å². The average molecular weight is 307 g/mol. The topological polar surface area (TPSA) is 48.8 Å². The molecule has 0 fully saturated rings. The third kappa shape index (κ3) is 2.25. The van der Waals surface area contributed by atoms with Gasteiger partial charge in [-0.2, -0.15) is 5.10 Å². The highest BCUT2D eigenvalue weighted by Crippen LogP contribution is 2.28. The minimum absolute atomic E-state index is 0.0586. The van der Waals surface area contributed by atoms with Crippen molar-refractivity contribution in [2.24, 2.45) is 7.05 Å². The summed E-state index contributed by atoms with van der Waals surface area (Å²) >= 11 is 5.95. The Balaban J connectivity index is 2.22. The van der Waals surface area contributed by atoms with Crippen LogP contribution in [0.4, 0.5) is 0 Å². The number of furan rings is 1. The van der Waals surface area contributed by atoms with Crippen molar-refractivity contribution in [3.8, 4) is 0 Å². The van der Waals surface area contributed by atoms with Crippen LogP contribution in [0, 0.1) is 0 Å². The van der Waals surface area contributed by atoms with Gasteiger partial charge in [-0.25, -0.2) is 4.98 Å². The fraction of sp³-hybridized carbons (Fsp3) is 0.467. The minimum Gasteiger partial charge on any atom is -0.467 e. The van der Waals surface area contributed by atoms with Crippen molar-refractivity contribution < 1.29 is 4.42 Å². The molecule has 0 bridgehead atoms. The van der Waals surface area contributed by atoms with Gasteiger partial charge in [0.1, 0.15) is 17.1 Å². The van der Waals surface area contributed by atoms with E-state index in [0.717, 1.165) is 41.3 Å². The number of fused-ring (bicyclic) bond motifs is 1. The fourth-order valence-electron chi connectivity index (χ4n) is 2.81. The van der Waals surface area contributed by atoms with E-state index in [-0.39, 0.29) is 6.04 Å². The molecule has 3 aromatic heterocycles. The van der Waals surface area contributed by atoms with Crippen LogP contribution in [0.15, 0.2) is 22.8 Å². The van der Waals surface area contributed by atoms with Gasteiger partial charge in [0.05, 0.1) is 18.0 Å². The quantitative estimate of drug-likeness (QED) is 0.679. The van der Waals surface area contributed by atoms with Crippen LogP contribution in [-0.2, 0) is 19.9 Å². The molecule has 112 valence electrons. The number of aromatic nitrogens is 4. The van der Waals surface area contributed by atoms with Crippen LogP contribution in [0.3, 0.4) is 0 Å². The van der Waals surface area contributed by atoms with Crippen molar-refractivity contribution in [1.82, 2.24) is 19.3 Å². The summed E-state index contributed by atoms with van der Waals surface area (Å²) in [7, 11) is 1.96. The van der Waals surface area contributed by atoms with Gasteiger partial charge in [-0.3, -0.25) is 4.68 Å². The number of imidazole rings is 1. The highest BCUT2D eigenvalue weighted by molar-refractivity contribution is 6.17. The number of hydrogen-bond donors (Lipinski definition) is 0. The lowest BCUT2D eigenvalue weighted by molar-refractivity contribution is 0.441. The van der Waals surface area contributed by atoms with E-state index in [2.05, 4.69) is 23.5 Å². The molecule has 1 unspecified atom stereocenters. The molecule has 1 atom stereocenters. The lowest BCUT2D eigenvalue weighted by atomic mass is 10.2. The van der Waals surface area contributed by atoms with Crippen molar-refractivity contribution in [2.75, 3.05) is 5.88 Å². The number of hydrogen-bond acceptors (Lipinski definition) is 3. The van der Waals surface area contributed by atoms with Gasteiger partial charge in [-0.1, -0.05) is 6.92 Å². The summed E-state index contributed by atoms with van der Waals surface area (Å²) in [4.78, 5) is 4.78. The SMILES string of the molecule is CCc1nn(C)c2c1nc(CCCl)n2C(C)c1ccco1. The zero-order valence-electron chi connectivity index (χ0n) is 12.5. The zero-order valence-corrected chi connectivity index (χ0v) is 13.3. The number of aryl methyl sites for hydroxylation is 3. The summed E-state index contributed by atoms with van der Waals surface area (Å²) < 4.78 is 9.65. The summed E-state index contributed by atoms with van der Waals surface area (Å²) in [5, 5.41) is 4.56. The average Bonchev–Trinajstić information content (AvgIpc) is 3.16. The number of alkyl halides is 1. The monoisotopic (exact) mass is 306 g/mol. The molecular formula is C15H19ClN4O. The van der Waals surface area contributed by atoms with Gasteiger partial charge in [0.15, 0.2) is 5.65 Å². The first-order valence-electron chi connectivity index (χ1n) is 7.19. The van der Waals surface area contributed by atoms with Crippen LogP contribution in [0.5, 0.6) is 0 Å². The maximum Gasteiger partial charge on any atom is 0.159 e. The molecule has 3 rings (SSSR count). The van der Waals surface area contributed by atoms with E-state index < -0.39 is 0 Å². The zero-order chi connectivity index (χ0) is 15.0. The Bertz CT molecular complexity index is 741. The van der Waals surface area contributed by atoms with Gasteiger partial charge in [-0.15, -0.1) is 11.6 Å². The summed E-state index contributed by atoms with van der Waals surface area (Å²) in [6, 6.07) is 3.95. The Morgan fingerprint density at radius 2 is 2.24 bits per heavy atom. The van der Waals surface area contributed by atoms with E-state index in [4.69, 9.17) is 21.0 Å². The van der Waals surface area contributed by atoms with E-state index in [1.54, 1.807) is 6.26 Å². The molecule has 21 heavy (non-hydrogen) atoms. The largest absolute Gasteiger partial charge is 0.467 e. The molecule has 3 aromatic rings. The molecule has 0 aliphatic carbocycles. The summed E-state index contributed by atoms with van der Waals surface area (Å²) in [6.45, 7) is 4.20. The first-order chi connectivity index (χ1) is 10.2. The maximum atomic E-state index is 5.95. The Labute approximate surface area is 128 Å². The highest BCUT2D eigenvalue weighted by atomic mass is 35.5. The van der Waals surface area contributed by atoms with Crippen LogP contribution in [0.2, 0.25) is 0 Å². The van der Waals surface area contributed by atoms with Crippen molar-refractivity contribution in [2.45, 2.75) is 32.7 Å². The molecule has 3 heterocycles. The molecule has 0 amide bonds. The molecule has 0 aliphatic heterocycles. The first kappa shape index (κ1) is 14.2. The lowest BCUT2D eigenvalue weighted by Gasteiger charge is -2.15. The molecule has 0 spiro atoms. The van der Waals surface area contributed by atoms with E-state index >= 15 is 0 Å². The normalized spacial score (nSPS) is 13.1. The van der Waals surface area contributed by atoms with Crippen LogP contribution in [-0.4, -0.2) is 25.2 Å². The second-order valence-corrected chi connectivity index (χ2v) is 5.50. The molecule has 0 aliphatic rings. The maximum absolute atomic E-state index is 5.95. The third-order valence-electron chi connectivity index (χ3n) is 3.80. The van der Waals surface area contributed by atoms with E-state index in [0.29, 0.717) is 5.88 Å². The lowest BCUT2D eigenvalue weighted by Crippen LogP contribution is -2.13. The van der Waals surface area contributed by atoms with Gasteiger partial charge in [0, 0.05) is 19.3 Å². The molecule has 0 N–H and O–H groups in total. The minimum atomic E-state index is 0.0586. The van der Waals surface area contributed by atoms with Crippen molar-refractivity contribution >= 4 is 22.8 Å². The molecule has 0 radical (unpaired) electrons.